The maximum atomic E-state index is 12.8. The van der Waals surface area contributed by atoms with E-state index in [1.54, 1.807) is 6.26 Å². The van der Waals surface area contributed by atoms with Gasteiger partial charge in [-0.15, -0.1) is 10.2 Å². The second-order valence-electron chi connectivity index (χ2n) is 6.76. The number of carbonyl (C=O) groups is 1. The first kappa shape index (κ1) is 18.0. The second-order valence-corrected chi connectivity index (χ2v) is 8.06. The number of aromatic nitrogens is 3. The Morgan fingerprint density at radius 3 is 2.72 bits per heavy atom. The number of hydrogen-bond acceptors (Lipinski definition) is 5. The molecule has 0 saturated heterocycles. The maximum absolute atomic E-state index is 12.8. The van der Waals surface area contributed by atoms with Crippen LogP contribution in [0.15, 0.2) is 21.9 Å². The molecule has 2 heterocycles. The third kappa shape index (κ3) is 3.76. The number of thioether (sulfide) groups is 1. The molecule has 0 radical (unpaired) electrons. The number of nitrogens with zero attached hydrogens (tertiary/aromatic N) is 4. The highest BCUT2D eigenvalue weighted by Gasteiger charge is 2.27. The van der Waals surface area contributed by atoms with Crippen LogP contribution in [0.5, 0.6) is 0 Å². The highest BCUT2D eigenvalue weighted by Crippen LogP contribution is 2.29. The molecule has 0 bridgehead atoms. The summed E-state index contributed by atoms with van der Waals surface area (Å²) in [6.07, 6.45) is 7.62. The fraction of sp³-hybridized carbons (Fsp3) is 0.611. The van der Waals surface area contributed by atoms with E-state index in [1.165, 1.54) is 31.0 Å². The summed E-state index contributed by atoms with van der Waals surface area (Å²) in [5, 5.41) is 9.10. The van der Waals surface area contributed by atoms with E-state index in [9.17, 15) is 4.79 Å². The van der Waals surface area contributed by atoms with Gasteiger partial charge in [-0.25, -0.2) is 0 Å². The summed E-state index contributed by atoms with van der Waals surface area (Å²) in [6.45, 7) is 3.85. The van der Waals surface area contributed by atoms with Gasteiger partial charge in [-0.3, -0.25) is 4.79 Å². The normalized spacial score (nSPS) is 16.8. The minimum atomic E-state index is -0.187. The largest absolute Gasteiger partial charge is 0.469 e. The molecule has 1 saturated carbocycles. The van der Waals surface area contributed by atoms with Crippen LogP contribution in [0.1, 0.15) is 44.8 Å². The van der Waals surface area contributed by atoms with Crippen molar-refractivity contribution in [2.45, 2.75) is 62.4 Å². The Morgan fingerprint density at radius 1 is 1.36 bits per heavy atom. The lowest BCUT2D eigenvalue weighted by Crippen LogP contribution is -2.42. The van der Waals surface area contributed by atoms with Crippen molar-refractivity contribution in [1.82, 2.24) is 19.7 Å². The van der Waals surface area contributed by atoms with Crippen LogP contribution < -0.4 is 0 Å². The molecule has 1 atom stereocenters. The summed E-state index contributed by atoms with van der Waals surface area (Å²) < 4.78 is 7.28. The molecule has 1 aliphatic carbocycles. The summed E-state index contributed by atoms with van der Waals surface area (Å²) in [7, 11) is 3.86. The fourth-order valence-electron chi connectivity index (χ4n) is 3.41. The molecule has 0 aromatic carbocycles. The predicted octanol–water partition coefficient (Wildman–Crippen LogP) is 3.66. The summed E-state index contributed by atoms with van der Waals surface area (Å²) in [5.74, 6) is 1.74. The predicted molar refractivity (Wildman–Crippen MR) is 98.4 cm³/mol. The van der Waals surface area contributed by atoms with Gasteiger partial charge in [0.1, 0.15) is 5.76 Å². The standard InChI is InChI=1S/C18H26N4O2S/c1-12-15(10-11-24-12)16-19-20-18(22(16)4)25-13(2)17(23)21(3)14-8-6-5-7-9-14/h10-11,13-14H,5-9H2,1-4H3. The molecule has 0 spiro atoms. The van der Waals surface area contributed by atoms with Crippen molar-refractivity contribution in [3.63, 3.8) is 0 Å². The van der Waals surface area contributed by atoms with Crippen LogP contribution >= 0.6 is 11.8 Å². The van der Waals surface area contributed by atoms with E-state index in [0.29, 0.717) is 6.04 Å². The van der Waals surface area contributed by atoms with Crippen molar-refractivity contribution >= 4 is 17.7 Å². The zero-order chi connectivity index (χ0) is 18.0. The molecule has 0 N–H and O–H groups in total. The Balaban J connectivity index is 1.68. The highest BCUT2D eigenvalue weighted by molar-refractivity contribution is 8.00. The van der Waals surface area contributed by atoms with Gasteiger partial charge in [-0.1, -0.05) is 31.0 Å². The van der Waals surface area contributed by atoms with E-state index in [-0.39, 0.29) is 11.2 Å². The zero-order valence-corrected chi connectivity index (χ0v) is 16.2. The van der Waals surface area contributed by atoms with E-state index in [2.05, 4.69) is 10.2 Å². The molecule has 136 valence electrons. The molecule has 2 aromatic rings. The Hall–Kier alpha value is -1.76. The molecule has 1 fully saturated rings. The summed E-state index contributed by atoms with van der Waals surface area (Å²) in [6, 6.07) is 2.27. The van der Waals surface area contributed by atoms with E-state index >= 15 is 0 Å². The minimum Gasteiger partial charge on any atom is -0.469 e. The molecule has 3 rings (SSSR count). The van der Waals surface area contributed by atoms with Crippen LogP contribution in [0, 0.1) is 6.92 Å². The number of amides is 1. The number of hydrogen-bond donors (Lipinski definition) is 0. The highest BCUT2D eigenvalue weighted by atomic mass is 32.2. The molecule has 7 heteroatoms. The third-order valence-electron chi connectivity index (χ3n) is 5.03. The van der Waals surface area contributed by atoms with Crippen LogP contribution in [0.2, 0.25) is 0 Å². The average Bonchev–Trinajstić information content (AvgIpc) is 3.20. The summed E-state index contributed by atoms with van der Waals surface area (Å²) >= 11 is 1.46. The monoisotopic (exact) mass is 362 g/mol. The molecule has 1 amide bonds. The van der Waals surface area contributed by atoms with Crippen molar-refractivity contribution in [2.24, 2.45) is 7.05 Å². The Labute approximate surface area is 153 Å². The van der Waals surface area contributed by atoms with Crippen molar-refractivity contribution in [2.75, 3.05) is 7.05 Å². The first-order chi connectivity index (χ1) is 12.0. The van der Waals surface area contributed by atoms with Crippen LogP contribution in [-0.4, -0.2) is 43.9 Å². The van der Waals surface area contributed by atoms with Gasteiger partial charge in [0.2, 0.25) is 5.91 Å². The van der Waals surface area contributed by atoms with Gasteiger partial charge >= 0.3 is 0 Å². The van der Waals surface area contributed by atoms with Gasteiger partial charge in [0.15, 0.2) is 11.0 Å². The average molecular weight is 362 g/mol. The first-order valence-corrected chi connectivity index (χ1v) is 9.74. The van der Waals surface area contributed by atoms with E-state index in [4.69, 9.17) is 4.42 Å². The number of carbonyl (C=O) groups excluding carboxylic acids is 1. The zero-order valence-electron chi connectivity index (χ0n) is 15.4. The Bertz CT molecular complexity index is 733. The summed E-state index contributed by atoms with van der Waals surface area (Å²) in [5.41, 5.74) is 0.931. The van der Waals surface area contributed by atoms with Crippen LogP contribution in [0.3, 0.4) is 0 Å². The Kier molecular flexibility index (Phi) is 5.51. The van der Waals surface area contributed by atoms with Gasteiger partial charge in [0.05, 0.1) is 17.1 Å². The fourth-order valence-corrected chi connectivity index (χ4v) is 4.33. The quantitative estimate of drug-likeness (QED) is 0.760. The van der Waals surface area contributed by atoms with E-state index in [1.807, 2.05) is 43.5 Å². The molecular formula is C18H26N4O2S. The van der Waals surface area contributed by atoms with Crippen LogP contribution in [-0.2, 0) is 11.8 Å². The topological polar surface area (TPSA) is 64.2 Å². The van der Waals surface area contributed by atoms with Gasteiger partial charge in [0, 0.05) is 20.1 Å². The van der Waals surface area contributed by atoms with Crippen molar-refractivity contribution in [3.05, 3.63) is 18.1 Å². The lowest BCUT2D eigenvalue weighted by molar-refractivity contribution is -0.131. The number of aryl methyl sites for hydroxylation is 1. The van der Waals surface area contributed by atoms with Gasteiger partial charge in [0.25, 0.3) is 0 Å². The molecule has 1 unspecified atom stereocenters. The van der Waals surface area contributed by atoms with Crippen LogP contribution in [0.25, 0.3) is 11.4 Å². The maximum Gasteiger partial charge on any atom is 0.235 e. The Morgan fingerprint density at radius 2 is 2.08 bits per heavy atom. The number of rotatable bonds is 5. The number of furan rings is 1. The molecule has 6 nitrogen and oxygen atoms in total. The third-order valence-corrected chi connectivity index (χ3v) is 6.16. The summed E-state index contributed by atoms with van der Waals surface area (Å²) in [4.78, 5) is 14.7. The van der Waals surface area contributed by atoms with Crippen LogP contribution in [0.4, 0.5) is 0 Å². The van der Waals surface area contributed by atoms with Gasteiger partial charge in [-0.05, 0) is 32.8 Å². The minimum absolute atomic E-state index is 0.168. The second kappa shape index (κ2) is 7.64. The van der Waals surface area contributed by atoms with Crippen molar-refractivity contribution in [1.29, 1.82) is 0 Å². The molecule has 0 aliphatic heterocycles. The van der Waals surface area contributed by atoms with Gasteiger partial charge < -0.3 is 13.9 Å². The molecule has 25 heavy (non-hydrogen) atoms. The molecular weight excluding hydrogens is 336 g/mol. The molecule has 1 aliphatic rings. The van der Waals surface area contributed by atoms with E-state index in [0.717, 1.165) is 35.1 Å². The molecule has 2 aromatic heterocycles. The lowest BCUT2D eigenvalue weighted by atomic mass is 9.94. The SMILES string of the molecule is Cc1occc1-c1nnc(SC(C)C(=O)N(C)C2CCCCC2)n1C. The first-order valence-electron chi connectivity index (χ1n) is 8.86. The van der Waals surface area contributed by atoms with Crippen molar-refractivity contribution < 1.29 is 9.21 Å². The van der Waals surface area contributed by atoms with Crippen molar-refractivity contribution in [3.8, 4) is 11.4 Å². The smallest absolute Gasteiger partial charge is 0.235 e. The van der Waals surface area contributed by atoms with Gasteiger partial charge in [-0.2, -0.15) is 0 Å². The lowest BCUT2D eigenvalue weighted by Gasteiger charge is -2.32. The van der Waals surface area contributed by atoms with E-state index < -0.39 is 0 Å².